The van der Waals surface area contributed by atoms with Gasteiger partial charge in [0.1, 0.15) is 5.82 Å². The van der Waals surface area contributed by atoms with Gasteiger partial charge in [-0.1, -0.05) is 61.2 Å². The van der Waals surface area contributed by atoms with Gasteiger partial charge in [0.05, 0.1) is 11.9 Å². The second-order valence-electron chi connectivity index (χ2n) is 10.5. The smallest absolute Gasteiger partial charge is 0.227 e. The summed E-state index contributed by atoms with van der Waals surface area (Å²) in [5, 5.41) is 10.5. The van der Waals surface area contributed by atoms with Gasteiger partial charge in [0.2, 0.25) is 11.9 Å². The number of aryl methyl sites for hydroxylation is 1. The highest BCUT2D eigenvalue weighted by Crippen LogP contribution is 2.35. The minimum absolute atomic E-state index is 0.0927. The van der Waals surface area contributed by atoms with E-state index >= 15 is 0 Å². The SMILES string of the molecule is Cc1ccc2nc(N3CCN(C(=O)Cc4ccccc4)[C@H](C)C3)n3c(C4CCCCC4)nnc3c2c1. The van der Waals surface area contributed by atoms with Crippen LogP contribution < -0.4 is 4.90 Å². The molecule has 2 aromatic carbocycles. The lowest BCUT2D eigenvalue weighted by Gasteiger charge is -2.40. The molecule has 7 nitrogen and oxygen atoms in total. The van der Waals surface area contributed by atoms with Gasteiger partial charge in [-0.2, -0.15) is 0 Å². The summed E-state index contributed by atoms with van der Waals surface area (Å²) in [5.41, 5.74) is 4.10. The molecule has 1 saturated heterocycles. The number of anilines is 1. The van der Waals surface area contributed by atoms with E-state index in [0.29, 0.717) is 18.9 Å². The molecule has 1 aliphatic heterocycles. The average Bonchev–Trinajstić information content (AvgIpc) is 3.35. The molecule has 2 aromatic heterocycles. The molecule has 0 unspecified atom stereocenters. The molecular weight excluding hydrogens is 448 g/mol. The van der Waals surface area contributed by atoms with Crippen LogP contribution in [-0.2, 0) is 11.2 Å². The number of piperazine rings is 1. The molecule has 2 fully saturated rings. The number of carbonyl (C=O) groups excluding carboxylic acids is 1. The van der Waals surface area contributed by atoms with Gasteiger partial charge in [-0.15, -0.1) is 10.2 Å². The predicted octanol–water partition coefficient (Wildman–Crippen LogP) is 4.91. The summed E-state index contributed by atoms with van der Waals surface area (Å²) in [7, 11) is 0. The summed E-state index contributed by atoms with van der Waals surface area (Å²) < 4.78 is 2.23. The first-order valence-corrected chi connectivity index (χ1v) is 13.3. The van der Waals surface area contributed by atoms with Crippen LogP contribution >= 0.6 is 0 Å². The van der Waals surface area contributed by atoms with E-state index in [1.807, 2.05) is 35.2 Å². The van der Waals surface area contributed by atoms with Crippen LogP contribution in [0, 0.1) is 6.92 Å². The van der Waals surface area contributed by atoms with Crippen molar-refractivity contribution in [3.8, 4) is 0 Å². The second kappa shape index (κ2) is 9.52. The lowest BCUT2D eigenvalue weighted by atomic mass is 9.89. The maximum absolute atomic E-state index is 13.1. The number of rotatable bonds is 4. The first-order chi connectivity index (χ1) is 17.6. The van der Waals surface area contributed by atoms with Crippen LogP contribution in [0.25, 0.3) is 16.6 Å². The summed E-state index contributed by atoms with van der Waals surface area (Å²) in [5.74, 6) is 2.56. The summed E-state index contributed by atoms with van der Waals surface area (Å²) in [6.07, 6.45) is 6.55. The molecule has 186 valence electrons. The van der Waals surface area contributed by atoms with Crippen molar-refractivity contribution < 1.29 is 4.79 Å². The zero-order valence-electron chi connectivity index (χ0n) is 21.2. The second-order valence-corrected chi connectivity index (χ2v) is 10.5. The third-order valence-corrected chi connectivity index (χ3v) is 7.90. The van der Waals surface area contributed by atoms with Gasteiger partial charge in [0.25, 0.3) is 0 Å². The molecule has 1 saturated carbocycles. The van der Waals surface area contributed by atoms with E-state index in [0.717, 1.165) is 59.8 Å². The summed E-state index contributed by atoms with van der Waals surface area (Å²) in [6.45, 7) is 6.41. The van der Waals surface area contributed by atoms with Crippen LogP contribution in [0.2, 0.25) is 0 Å². The number of fused-ring (bicyclic) bond motifs is 3. The molecule has 2 aliphatic rings. The van der Waals surface area contributed by atoms with Gasteiger partial charge in [0, 0.05) is 37.0 Å². The van der Waals surface area contributed by atoms with E-state index in [1.54, 1.807) is 0 Å². The molecule has 0 bridgehead atoms. The zero-order valence-corrected chi connectivity index (χ0v) is 21.2. The maximum Gasteiger partial charge on any atom is 0.227 e. The standard InChI is InChI=1S/C29H34N6O/c1-20-13-14-25-24(17-20)28-32-31-27(23-11-7-4-8-12-23)35(28)29(30-25)33-15-16-34(21(2)19-33)26(36)18-22-9-5-3-6-10-22/h3,5-6,9-10,13-14,17,21,23H,4,7-8,11-12,15-16,18-19H2,1-2H3/t21-/m1/s1. The lowest BCUT2D eigenvalue weighted by Crippen LogP contribution is -2.55. The van der Waals surface area contributed by atoms with Crippen molar-refractivity contribution in [2.75, 3.05) is 24.5 Å². The summed E-state index contributed by atoms with van der Waals surface area (Å²) in [4.78, 5) is 22.7. The quantitative estimate of drug-likeness (QED) is 0.413. The Morgan fingerprint density at radius 2 is 1.81 bits per heavy atom. The Bertz CT molecular complexity index is 1390. The molecule has 0 spiro atoms. The predicted molar refractivity (Wildman–Crippen MR) is 142 cm³/mol. The number of nitrogens with zero attached hydrogens (tertiary/aromatic N) is 6. The molecule has 1 atom stereocenters. The molecule has 0 N–H and O–H groups in total. The normalized spacial score (nSPS) is 19.3. The Kier molecular flexibility index (Phi) is 6.07. The van der Waals surface area contributed by atoms with Crippen molar-refractivity contribution in [2.24, 2.45) is 0 Å². The molecule has 36 heavy (non-hydrogen) atoms. The largest absolute Gasteiger partial charge is 0.338 e. The van der Waals surface area contributed by atoms with Crippen molar-refractivity contribution in [1.29, 1.82) is 0 Å². The Labute approximate surface area is 212 Å². The van der Waals surface area contributed by atoms with Gasteiger partial charge < -0.3 is 9.80 Å². The highest BCUT2D eigenvalue weighted by Gasteiger charge is 2.31. The fraction of sp³-hybridized carbons (Fsp3) is 0.448. The highest BCUT2D eigenvalue weighted by molar-refractivity contribution is 5.93. The van der Waals surface area contributed by atoms with Gasteiger partial charge in [-0.05, 0) is 44.4 Å². The summed E-state index contributed by atoms with van der Waals surface area (Å²) in [6, 6.07) is 16.5. The van der Waals surface area contributed by atoms with E-state index in [1.165, 1.54) is 24.8 Å². The number of benzene rings is 2. The zero-order chi connectivity index (χ0) is 24.6. The fourth-order valence-corrected chi connectivity index (χ4v) is 5.97. The van der Waals surface area contributed by atoms with Crippen LogP contribution in [0.5, 0.6) is 0 Å². The van der Waals surface area contributed by atoms with Gasteiger partial charge in [-0.3, -0.25) is 4.79 Å². The number of hydrogen-bond donors (Lipinski definition) is 0. The van der Waals surface area contributed by atoms with E-state index in [2.05, 4.69) is 41.3 Å². The number of carbonyl (C=O) groups is 1. The van der Waals surface area contributed by atoms with E-state index in [9.17, 15) is 4.79 Å². The highest BCUT2D eigenvalue weighted by atomic mass is 16.2. The monoisotopic (exact) mass is 482 g/mol. The average molecular weight is 483 g/mol. The third-order valence-electron chi connectivity index (χ3n) is 7.90. The number of amides is 1. The first kappa shape index (κ1) is 23.0. The van der Waals surface area contributed by atoms with Crippen molar-refractivity contribution in [2.45, 2.75) is 64.3 Å². The van der Waals surface area contributed by atoms with E-state index < -0.39 is 0 Å². The number of hydrogen-bond acceptors (Lipinski definition) is 5. The minimum Gasteiger partial charge on any atom is -0.338 e. The van der Waals surface area contributed by atoms with Crippen LogP contribution in [0.1, 0.15) is 61.9 Å². The molecule has 1 aliphatic carbocycles. The minimum atomic E-state index is 0.0927. The molecular formula is C29H34N6O. The van der Waals surface area contributed by atoms with Crippen molar-refractivity contribution >= 4 is 28.4 Å². The lowest BCUT2D eigenvalue weighted by molar-refractivity contribution is -0.132. The molecule has 6 rings (SSSR count). The Morgan fingerprint density at radius 1 is 1.00 bits per heavy atom. The van der Waals surface area contributed by atoms with Crippen LogP contribution in [0.4, 0.5) is 5.95 Å². The Balaban J connectivity index is 1.34. The Hall–Kier alpha value is -3.48. The number of aromatic nitrogens is 4. The van der Waals surface area contributed by atoms with Crippen LogP contribution in [0.3, 0.4) is 0 Å². The van der Waals surface area contributed by atoms with Crippen LogP contribution in [-0.4, -0.2) is 56.1 Å². The molecule has 0 radical (unpaired) electrons. The first-order valence-electron chi connectivity index (χ1n) is 13.3. The van der Waals surface area contributed by atoms with Crippen molar-refractivity contribution in [3.63, 3.8) is 0 Å². The van der Waals surface area contributed by atoms with E-state index in [4.69, 9.17) is 15.2 Å². The van der Waals surface area contributed by atoms with Crippen LogP contribution in [0.15, 0.2) is 48.5 Å². The van der Waals surface area contributed by atoms with E-state index in [-0.39, 0.29) is 11.9 Å². The molecule has 7 heteroatoms. The van der Waals surface area contributed by atoms with Crippen molar-refractivity contribution in [3.05, 3.63) is 65.5 Å². The molecule has 3 heterocycles. The summed E-state index contributed by atoms with van der Waals surface area (Å²) >= 11 is 0. The van der Waals surface area contributed by atoms with Crippen molar-refractivity contribution in [1.82, 2.24) is 24.5 Å². The van der Waals surface area contributed by atoms with Gasteiger partial charge >= 0.3 is 0 Å². The Morgan fingerprint density at radius 3 is 2.58 bits per heavy atom. The maximum atomic E-state index is 13.1. The third kappa shape index (κ3) is 4.21. The molecule has 1 amide bonds. The fourth-order valence-electron chi connectivity index (χ4n) is 5.97. The molecule has 4 aromatic rings. The van der Waals surface area contributed by atoms with Gasteiger partial charge in [0.15, 0.2) is 5.65 Å². The topological polar surface area (TPSA) is 66.6 Å². The van der Waals surface area contributed by atoms with Gasteiger partial charge in [-0.25, -0.2) is 9.38 Å².